The van der Waals surface area contributed by atoms with E-state index in [1.807, 2.05) is 23.1 Å². The summed E-state index contributed by atoms with van der Waals surface area (Å²) < 4.78 is 7.04. The molecule has 0 unspecified atom stereocenters. The van der Waals surface area contributed by atoms with E-state index in [1.165, 1.54) is 0 Å². The first-order chi connectivity index (χ1) is 12.0. The summed E-state index contributed by atoms with van der Waals surface area (Å²) in [4.78, 5) is 28.7. The number of nitrogens with one attached hydrogen (secondary N) is 1. The van der Waals surface area contributed by atoms with E-state index in [0.717, 1.165) is 14.6 Å². The van der Waals surface area contributed by atoms with Crippen LogP contribution in [0.15, 0.2) is 27.1 Å². The van der Waals surface area contributed by atoms with Gasteiger partial charge >= 0.3 is 6.03 Å². The molecular weight excluding hydrogens is 454 g/mol. The normalized spacial score (nSPS) is 19.0. The number of rotatable bonds is 2. The Morgan fingerprint density at radius 1 is 1.04 bits per heavy atom. The first kappa shape index (κ1) is 18.7. The molecule has 6 nitrogen and oxygen atoms in total. The van der Waals surface area contributed by atoms with Gasteiger partial charge in [-0.05, 0) is 47.0 Å². The zero-order chi connectivity index (χ0) is 17.8. The molecule has 2 fully saturated rings. The van der Waals surface area contributed by atoms with E-state index in [0.29, 0.717) is 52.2 Å². The Balaban J connectivity index is 1.52. The Hall–Kier alpha value is -1.12. The molecule has 0 aromatic heterocycles. The molecule has 1 aromatic carbocycles. The van der Waals surface area contributed by atoms with Gasteiger partial charge in [0.1, 0.15) is 0 Å². The number of amides is 3. The zero-order valence-corrected chi connectivity index (χ0v) is 17.0. The molecule has 1 aromatic rings. The highest BCUT2D eigenvalue weighted by atomic mass is 79.9. The largest absolute Gasteiger partial charge is 0.378 e. The van der Waals surface area contributed by atoms with Crippen molar-refractivity contribution in [3.63, 3.8) is 0 Å². The molecule has 2 saturated heterocycles. The Kier molecular flexibility index (Phi) is 6.35. The van der Waals surface area contributed by atoms with E-state index in [-0.39, 0.29) is 17.9 Å². The van der Waals surface area contributed by atoms with Crippen LogP contribution in [0.4, 0.5) is 10.5 Å². The minimum absolute atomic E-state index is 0.0137. The SMILES string of the molecule is O=C(Nc1cc(Br)ccc1Br)N1CCC(C(=O)N2CCOCC2)CC1. The van der Waals surface area contributed by atoms with Crippen LogP contribution >= 0.6 is 31.9 Å². The molecule has 0 atom stereocenters. The van der Waals surface area contributed by atoms with Crippen LogP contribution in [-0.4, -0.2) is 61.1 Å². The van der Waals surface area contributed by atoms with Crippen molar-refractivity contribution >= 4 is 49.5 Å². The zero-order valence-electron chi connectivity index (χ0n) is 13.8. The smallest absolute Gasteiger partial charge is 0.321 e. The Bertz CT molecular complexity index is 642. The second-order valence-corrected chi connectivity index (χ2v) is 8.02. The summed E-state index contributed by atoms with van der Waals surface area (Å²) in [6, 6.07) is 5.52. The van der Waals surface area contributed by atoms with Gasteiger partial charge in [-0.1, -0.05) is 15.9 Å². The fraction of sp³-hybridized carbons (Fsp3) is 0.529. The minimum atomic E-state index is -0.129. The summed E-state index contributed by atoms with van der Waals surface area (Å²) in [6.45, 7) is 3.78. The maximum absolute atomic E-state index is 12.5. The molecule has 0 bridgehead atoms. The summed E-state index contributed by atoms with van der Waals surface area (Å²) in [6.07, 6.45) is 1.42. The van der Waals surface area contributed by atoms with E-state index in [2.05, 4.69) is 37.2 Å². The van der Waals surface area contributed by atoms with Crippen molar-refractivity contribution in [2.45, 2.75) is 12.8 Å². The number of ether oxygens (including phenoxy) is 1. The van der Waals surface area contributed by atoms with Gasteiger partial charge in [0.05, 0.1) is 18.9 Å². The molecule has 3 amide bonds. The number of piperidine rings is 1. The Morgan fingerprint density at radius 3 is 2.40 bits per heavy atom. The molecule has 136 valence electrons. The number of hydrogen-bond donors (Lipinski definition) is 1. The van der Waals surface area contributed by atoms with Crippen molar-refractivity contribution in [3.05, 3.63) is 27.1 Å². The number of benzene rings is 1. The molecular formula is C17H21Br2N3O3. The number of hydrogen-bond acceptors (Lipinski definition) is 3. The van der Waals surface area contributed by atoms with Crippen LogP contribution in [0.3, 0.4) is 0 Å². The van der Waals surface area contributed by atoms with Crippen LogP contribution in [0.5, 0.6) is 0 Å². The lowest BCUT2D eigenvalue weighted by molar-refractivity contribution is -0.140. The van der Waals surface area contributed by atoms with Gasteiger partial charge in [-0.25, -0.2) is 4.79 Å². The fourth-order valence-electron chi connectivity index (χ4n) is 3.16. The summed E-state index contributed by atoms with van der Waals surface area (Å²) in [7, 11) is 0. The quantitative estimate of drug-likeness (QED) is 0.715. The third-order valence-electron chi connectivity index (χ3n) is 4.62. The van der Waals surface area contributed by atoms with E-state index >= 15 is 0 Å². The minimum Gasteiger partial charge on any atom is -0.378 e. The highest BCUT2D eigenvalue weighted by molar-refractivity contribution is 9.11. The first-order valence-electron chi connectivity index (χ1n) is 8.42. The molecule has 2 heterocycles. The molecule has 3 rings (SSSR count). The number of urea groups is 1. The molecule has 0 spiro atoms. The van der Waals surface area contributed by atoms with Crippen molar-refractivity contribution in [1.82, 2.24) is 9.80 Å². The molecule has 2 aliphatic heterocycles. The summed E-state index contributed by atoms with van der Waals surface area (Å²) in [5.41, 5.74) is 0.728. The number of anilines is 1. The van der Waals surface area contributed by atoms with Crippen molar-refractivity contribution in [3.8, 4) is 0 Å². The van der Waals surface area contributed by atoms with Crippen LogP contribution in [0.25, 0.3) is 0 Å². The van der Waals surface area contributed by atoms with Gasteiger partial charge in [0, 0.05) is 41.0 Å². The predicted molar refractivity (Wildman–Crippen MR) is 103 cm³/mol. The van der Waals surface area contributed by atoms with Crippen molar-refractivity contribution in [1.29, 1.82) is 0 Å². The molecule has 0 aliphatic carbocycles. The van der Waals surface area contributed by atoms with Crippen molar-refractivity contribution < 1.29 is 14.3 Å². The number of morpholine rings is 1. The summed E-state index contributed by atoms with van der Waals surface area (Å²) in [5, 5.41) is 2.93. The van der Waals surface area contributed by atoms with Crippen LogP contribution < -0.4 is 5.32 Å². The molecule has 25 heavy (non-hydrogen) atoms. The van der Waals surface area contributed by atoms with Gasteiger partial charge < -0.3 is 19.9 Å². The van der Waals surface area contributed by atoms with Gasteiger partial charge in [0.2, 0.25) is 5.91 Å². The molecule has 1 N–H and O–H groups in total. The van der Waals surface area contributed by atoms with Crippen LogP contribution in [0.1, 0.15) is 12.8 Å². The third kappa shape index (κ3) is 4.74. The Morgan fingerprint density at radius 2 is 1.72 bits per heavy atom. The lowest BCUT2D eigenvalue weighted by atomic mass is 9.95. The van der Waals surface area contributed by atoms with Crippen molar-refractivity contribution in [2.24, 2.45) is 5.92 Å². The maximum Gasteiger partial charge on any atom is 0.321 e. The summed E-state index contributed by atoms with van der Waals surface area (Å²) in [5.74, 6) is 0.220. The van der Waals surface area contributed by atoms with E-state index in [1.54, 1.807) is 4.90 Å². The van der Waals surface area contributed by atoms with Gasteiger partial charge in [-0.15, -0.1) is 0 Å². The van der Waals surface area contributed by atoms with Gasteiger partial charge in [-0.3, -0.25) is 4.79 Å². The number of halogens is 2. The highest BCUT2D eigenvalue weighted by Crippen LogP contribution is 2.27. The molecule has 0 radical (unpaired) electrons. The van der Waals surface area contributed by atoms with Gasteiger partial charge in [-0.2, -0.15) is 0 Å². The van der Waals surface area contributed by atoms with Gasteiger partial charge in [0.15, 0.2) is 0 Å². The predicted octanol–water partition coefficient (Wildman–Crippen LogP) is 3.31. The highest BCUT2D eigenvalue weighted by Gasteiger charge is 2.31. The topological polar surface area (TPSA) is 61.9 Å². The fourth-order valence-corrected chi connectivity index (χ4v) is 3.87. The van der Waals surface area contributed by atoms with Crippen LogP contribution in [0.2, 0.25) is 0 Å². The van der Waals surface area contributed by atoms with E-state index in [4.69, 9.17) is 4.74 Å². The molecule has 2 aliphatic rings. The summed E-state index contributed by atoms with van der Waals surface area (Å²) >= 11 is 6.85. The number of nitrogens with zero attached hydrogens (tertiary/aromatic N) is 2. The van der Waals surface area contributed by atoms with E-state index in [9.17, 15) is 9.59 Å². The maximum atomic E-state index is 12.5. The van der Waals surface area contributed by atoms with E-state index < -0.39 is 0 Å². The second kappa shape index (κ2) is 8.51. The standard InChI is InChI=1S/C17H21Br2N3O3/c18-13-1-2-14(19)15(11-13)20-17(24)22-5-3-12(4-6-22)16(23)21-7-9-25-10-8-21/h1-2,11-12H,3-10H2,(H,20,24). The average Bonchev–Trinajstić information content (AvgIpc) is 2.65. The second-order valence-electron chi connectivity index (χ2n) is 6.25. The van der Waals surface area contributed by atoms with Gasteiger partial charge in [0.25, 0.3) is 0 Å². The first-order valence-corrected chi connectivity index (χ1v) is 10.0. The lowest BCUT2D eigenvalue weighted by Gasteiger charge is -2.35. The number of carbonyl (C=O) groups is 2. The molecule has 0 saturated carbocycles. The van der Waals surface area contributed by atoms with Crippen LogP contribution in [0, 0.1) is 5.92 Å². The van der Waals surface area contributed by atoms with Crippen molar-refractivity contribution in [2.75, 3.05) is 44.7 Å². The lowest BCUT2D eigenvalue weighted by Crippen LogP contribution is -2.48. The number of likely N-dealkylation sites (tertiary alicyclic amines) is 1. The van der Waals surface area contributed by atoms with Crippen LogP contribution in [-0.2, 0) is 9.53 Å². The molecule has 8 heteroatoms. The number of carbonyl (C=O) groups excluding carboxylic acids is 2. The monoisotopic (exact) mass is 473 g/mol. The Labute approximate surface area is 164 Å². The third-order valence-corrected chi connectivity index (χ3v) is 5.81. The average molecular weight is 475 g/mol.